The summed E-state index contributed by atoms with van der Waals surface area (Å²) in [7, 11) is 0. The summed E-state index contributed by atoms with van der Waals surface area (Å²) >= 11 is 12.1. The third kappa shape index (κ3) is 3.48. The number of hydrogen-bond acceptors (Lipinski definition) is 4. The number of aromatic nitrogens is 3. The van der Waals surface area contributed by atoms with E-state index in [4.69, 9.17) is 23.2 Å². The summed E-state index contributed by atoms with van der Waals surface area (Å²) in [6.45, 7) is 0. The summed E-state index contributed by atoms with van der Waals surface area (Å²) in [5, 5.41) is 14.2. The van der Waals surface area contributed by atoms with Gasteiger partial charge in [0.2, 0.25) is 0 Å². The minimum absolute atomic E-state index is 0.404. The topological polar surface area (TPSA) is 91.5 Å². The lowest BCUT2D eigenvalue weighted by molar-refractivity contribution is 0.749. The summed E-state index contributed by atoms with van der Waals surface area (Å²) in [6, 6.07) is 13.9. The molecule has 0 saturated heterocycles. The standard InChI is InChI=1S/C17H10Cl2N4O2/c18-11-3-6-13(15(19)7-11)14(8-20)10-1-4-12(5-2-10)23-17(25)22-16(24)9-21-23/h1-7,9,14H,(H,22,24,25). The van der Waals surface area contributed by atoms with Gasteiger partial charge in [-0.15, -0.1) is 0 Å². The summed E-state index contributed by atoms with van der Waals surface area (Å²) in [6.07, 6.45) is 1.01. The molecular formula is C17H10Cl2N4O2. The van der Waals surface area contributed by atoms with Crippen molar-refractivity contribution in [2.75, 3.05) is 0 Å². The van der Waals surface area contributed by atoms with Crippen LogP contribution in [0.3, 0.4) is 0 Å². The van der Waals surface area contributed by atoms with Gasteiger partial charge < -0.3 is 0 Å². The van der Waals surface area contributed by atoms with Crippen molar-refractivity contribution in [1.82, 2.24) is 14.8 Å². The second-order valence-corrected chi connectivity index (χ2v) is 6.01. The summed E-state index contributed by atoms with van der Waals surface area (Å²) < 4.78 is 1.06. The van der Waals surface area contributed by atoms with E-state index in [0.29, 0.717) is 26.9 Å². The van der Waals surface area contributed by atoms with Crippen LogP contribution in [0.25, 0.3) is 5.69 Å². The Kier molecular flexibility index (Phi) is 4.70. The molecule has 124 valence electrons. The van der Waals surface area contributed by atoms with E-state index in [0.717, 1.165) is 10.9 Å². The van der Waals surface area contributed by atoms with Gasteiger partial charge >= 0.3 is 5.69 Å². The molecule has 1 N–H and O–H groups in total. The molecule has 0 saturated carbocycles. The highest BCUT2D eigenvalue weighted by Gasteiger charge is 2.17. The Balaban J connectivity index is 1.99. The molecule has 2 aromatic carbocycles. The van der Waals surface area contributed by atoms with Crippen molar-refractivity contribution in [1.29, 1.82) is 5.26 Å². The van der Waals surface area contributed by atoms with Gasteiger partial charge in [0.1, 0.15) is 6.20 Å². The van der Waals surface area contributed by atoms with Gasteiger partial charge in [-0.05, 0) is 35.4 Å². The molecule has 1 aromatic heterocycles. The molecule has 0 bridgehead atoms. The first-order valence-electron chi connectivity index (χ1n) is 7.13. The van der Waals surface area contributed by atoms with Crippen LogP contribution in [0.15, 0.2) is 58.3 Å². The molecule has 0 spiro atoms. The van der Waals surface area contributed by atoms with Crippen LogP contribution in [0.5, 0.6) is 0 Å². The summed E-state index contributed by atoms with van der Waals surface area (Å²) in [4.78, 5) is 25.0. The largest absolute Gasteiger partial charge is 0.349 e. The molecule has 0 radical (unpaired) electrons. The van der Waals surface area contributed by atoms with Crippen molar-refractivity contribution < 1.29 is 0 Å². The number of rotatable bonds is 3. The van der Waals surface area contributed by atoms with E-state index in [1.54, 1.807) is 42.5 Å². The molecule has 3 rings (SSSR count). The number of H-pyrrole nitrogens is 1. The minimum Gasteiger partial charge on any atom is -0.271 e. The lowest BCUT2D eigenvalue weighted by Gasteiger charge is -2.13. The van der Waals surface area contributed by atoms with E-state index < -0.39 is 17.2 Å². The highest BCUT2D eigenvalue weighted by Crippen LogP contribution is 2.32. The maximum Gasteiger partial charge on any atom is 0.349 e. The van der Waals surface area contributed by atoms with Crippen molar-refractivity contribution >= 4 is 23.2 Å². The fraction of sp³-hybridized carbons (Fsp3) is 0.0588. The van der Waals surface area contributed by atoms with Crippen molar-refractivity contribution in [2.24, 2.45) is 0 Å². The molecule has 0 amide bonds. The monoisotopic (exact) mass is 372 g/mol. The van der Waals surface area contributed by atoms with Crippen LogP contribution >= 0.6 is 23.2 Å². The molecule has 1 unspecified atom stereocenters. The fourth-order valence-electron chi connectivity index (χ4n) is 2.40. The smallest absolute Gasteiger partial charge is 0.271 e. The Morgan fingerprint density at radius 2 is 1.84 bits per heavy atom. The van der Waals surface area contributed by atoms with Gasteiger partial charge in [-0.1, -0.05) is 41.4 Å². The summed E-state index contributed by atoms with van der Waals surface area (Å²) in [5.74, 6) is -0.584. The van der Waals surface area contributed by atoms with Crippen molar-refractivity contribution in [2.45, 2.75) is 5.92 Å². The number of nitrogens with one attached hydrogen (secondary N) is 1. The Morgan fingerprint density at radius 3 is 2.44 bits per heavy atom. The highest BCUT2D eigenvalue weighted by molar-refractivity contribution is 6.35. The summed E-state index contributed by atoms with van der Waals surface area (Å²) in [5.41, 5.74) is 0.593. The average molecular weight is 373 g/mol. The van der Waals surface area contributed by atoms with Gasteiger partial charge in [0.05, 0.1) is 17.7 Å². The molecule has 0 aliphatic heterocycles. The van der Waals surface area contributed by atoms with Crippen LogP contribution < -0.4 is 11.2 Å². The molecule has 0 aliphatic rings. The lowest BCUT2D eigenvalue weighted by Crippen LogP contribution is -2.30. The predicted octanol–water partition coefficient (Wildman–Crippen LogP) is 2.88. The molecule has 3 aromatic rings. The van der Waals surface area contributed by atoms with Crippen LogP contribution in [-0.4, -0.2) is 14.8 Å². The molecule has 25 heavy (non-hydrogen) atoms. The Bertz CT molecular complexity index is 1080. The molecule has 6 nitrogen and oxygen atoms in total. The van der Waals surface area contributed by atoms with E-state index in [1.807, 2.05) is 0 Å². The van der Waals surface area contributed by atoms with Gasteiger partial charge in [-0.25, -0.2) is 4.79 Å². The molecular weight excluding hydrogens is 363 g/mol. The van der Waals surface area contributed by atoms with Crippen LogP contribution in [0, 0.1) is 11.3 Å². The zero-order valence-corrected chi connectivity index (χ0v) is 14.1. The maximum absolute atomic E-state index is 11.8. The quantitative estimate of drug-likeness (QED) is 0.764. The second kappa shape index (κ2) is 6.93. The SMILES string of the molecule is N#CC(c1ccc(-n2ncc(=O)[nH]c2=O)cc1)c1ccc(Cl)cc1Cl. The van der Waals surface area contributed by atoms with Crippen LogP contribution in [-0.2, 0) is 0 Å². The van der Waals surface area contributed by atoms with E-state index in [-0.39, 0.29) is 0 Å². The third-order valence-corrected chi connectivity index (χ3v) is 4.15. The predicted molar refractivity (Wildman–Crippen MR) is 94.4 cm³/mol. The molecule has 0 aliphatic carbocycles. The molecule has 8 heteroatoms. The maximum atomic E-state index is 11.8. The Hall–Kier alpha value is -2.88. The zero-order chi connectivity index (χ0) is 18.0. The first-order chi connectivity index (χ1) is 12.0. The van der Waals surface area contributed by atoms with Gasteiger partial charge in [-0.2, -0.15) is 15.0 Å². The van der Waals surface area contributed by atoms with Gasteiger partial charge in [0, 0.05) is 10.0 Å². The van der Waals surface area contributed by atoms with Crippen LogP contribution in [0.4, 0.5) is 0 Å². The van der Waals surface area contributed by atoms with Crippen molar-refractivity contribution in [3.8, 4) is 11.8 Å². The van der Waals surface area contributed by atoms with E-state index >= 15 is 0 Å². The van der Waals surface area contributed by atoms with Gasteiger partial charge in [0.25, 0.3) is 5.56 Å². The van der Waals surface area contributed by atoms with Crippen LogP contribution in [0.1, 0.15) is 17.0 Å². The number of nitriles is 1. The number of aromatic amines is 1. The van der Waals surface area contributed by atoms with E-state index in [9.17, 15) is 14.9 Å². The van der Waals surface area contributed by atoms with Crippen molar-refractivity contribution in [3.63, 3.8) is 0 Å². The zero-order valence-electron chi connectivity index (χ0n) is 12.6. The minimum atomic E-state index is -0.641. The first kappa shape index (κ1) is 17.0. The van der Waals surface area contributed by atoms with E-state index in [1.165, 1.54) is 0 Å². The highest BCUT2D eigenvalue weighted by atomic mass is 35.5. The van der Waals surface area contributed by atoms with Gasteiger partial charge in [-0.3, -0.25) is 9.78 Å². The Morgan fingerprint density at radius 1 is 1.12 bits per heavy atom. The fourth-order valence-corrected chi connectivity index (χ4v) is 2.92. The van der Waals surface area contributed by atoms with E-state index in [2.05, 4.69) is 16.2 Å². The molecule has 1 heterocycles. The normalized spacial score (nSPS) is 11.7. The average Bonchev–Trinajstić information content (AvgIpc) is 2.58. The number of benzene rings is 2. The Labute approximate surface area is 151 Å². The second-order valence-electron chi connectivity index (χ2n) is 5.17. The number of halogens is 2. The van der Waals surface area contributed by atoms with Crippen molar-refractivity contribution in [3.05, 3.63) is 90.7 Å². The molecule has 0 fully saturated rings. The van der Waals surface area contributed by atoms with Gasteiger partial charge in [0.15, 0.2) is 0 Å². The lowest BCUT2D eigenvalue weighted by atomic mass is 9.92. The first-order valence-corrected chi connectivity index (χ1v) is 7.89. The third-order valence-electron chi connectivity index (χ3n) is 3.59. The van der Waals surface area contributed by atoms with Crippen LogP contribution in [0.2, 0.25) is 10.0 Å². The number of nitrogens with zero attached hydrogens (tertiary/aromatic N) is 3. The number of hydrogen-bond donors (Lipinski definition) is 1. The molecule has 1 atom stereocenters.